The van der Waals surface area contributed by atoms with Gasteiger partial charge in [-0.3, -0.25) is 4.90 Å². The van der Waals surface area contributed by atoms with Gasteiger partial charge >= 0.3 is 0 Å². The van der Waals surface area contributed by atoms with Gasteiger partial charge in [-0.15, -0.1) is 0 Å². The van der Waals surface area contributed by atoms with Crippen molar-refractivity contribution in [1.29, 1.82) is 0 Å². The topological polar surface area (TPSA) is 24.8 Å². The number of rotatable bonds is 3. The molecule has 2 aliphatic rings. The predicted molar refractivity (Wildman–Crippen MR) is 57.4 cm³/mol. The monoisotopic (exact) mass is 194 g/mol. The highest BCUT2D eigenvalue weighted by Gasteiger charge is 2.34. The molecule has 0 bridgehead atoms. The van der Waals surface area contributed by atoms with E-state index < -0.39 is 0 Å². The maximum atomic E-state index is 4.71. The van der Waals surface area contributed by atoms with E-state index in [1.165, 1.54) is 25.0 Å². The van der Waals surface area contributed by atoms with Crippen LogP contribution < -0.4 is 0 Å². The van der Waals surface area contributed by atoms with Crippen molar-refractivity contribution in [2.45, 2.75) is 38.3 Å². The zero-order valence-corrected chi connectivity index (χ0v) is 8.94. The Balaban J connectivity index is 2.02. The van der Waals surface area contributed by atoms with E-state index in [0.717, 1.165) is 12.5 Å². The van der Waals surface area contributed by atoms with Gasteiger partial charge in [0.15, 0.2) is 0 Å². The Morgan fingerprint density at radius 2 is 2.36 bits per heavy atom. The van der Waals surface area contributed by atoms with Crippen LogP contribution in [0.1, 0.15) is 26.2 Å². The molecule has 1 fully saturated rings. The molecule has 0 aromatic heterocycles. The highest BCUT2D eigenvalue weighted by molar-refractivity contribution is 5.79. The summed E-state index contributed by atoms with van der Waals surface area (Å²) in [6.45, 7) is 3.46. The van der Waals surface area contributed by atoms with Gasteiger partial charge in [-0.25, -0.2) is 0 Å². The maximum Gasteiger partial charge on any atom is 0.106 e. The molecule has 2 rings (SSSR count). The number of hydrogen-bond acceptors (Lipinski definition) is 3. The molecule has 0 saturated heterocycles. The van der Waals surface area contributed by atoms with Crippen molar-refractivity contribution in [3.63, 3.8) is 0 Å². The summed E-state index contributed by atoms with van der Waals surface area (Å²) in [7, 11) is 1.59. The fourth-order valence-electron chi connectivity index (χ4n) is 2.12. The van der Waals surface area contributed by atoms with Crippen LogP contribution in [-0.2, 0) is 4.84 Å². The summed E-state index contributed by atoms with van der Waals surface area (Å²) < 4.78 is 0. The van der Waals surface area contributed by atoms with E-state index in [-0.39, 0.29) is 0 Å². The molecule has 3 heteroatoms. The van der Waals surface area contributed by atoms with Crippen molar-refractivity contribution in [3.05, 3.63) is 11.6 Å². The Morgan fingerprint density at radius 1 is 1.57 bits per heavy atom. The second-order valence-corrected chi connectivity index (χ2v) is 4.05. The Morgan fingerprint density at radius 3 is 3.00 bits per heavy atom. The predicted octanol–water partition coefficient (Wildman–Crippen LogP) is 1.80. The average molecular weight is 194 g/mol. The van der Waals surface area contributed by atoms with Gasteiger partial charge in [0.1, 0.15) is 7.11 Å². The van der Waals surface area contributed by atoms with Crippen molar-refractivity contribution >= 4 is 6.21 Å². The molecule has 0 aromatic carbocycles. The second-order valence-electron chi connectivity index (χ2n) is 4.05. The summed E-state index contributed by atoms with van der Waals surface area (Å²) in [6.07, 6.45) is 8.01. The van der Waals surface area contributed by atoms with Gasteiger partial charge in [0.05, 0.1) is 6.21 Å². The van der Waals surface area contributed by atoms with E-state index in [1.807, 2.05) is 6.21 Å². The molecule has 1 unspecified atom stereocenters. The smallest absolute Gasteiger partial charge is 0.106 e. The normalized spacial score (nSPS) is 29.3. The van der Waals surface area contributed by atoms with E-state index in [1.54, 1.807) is 7.11 Å². The van der Waals surface area contributed by atoms with E-state index in [0.29, 0.717) is 6.04 Å². The van der Waals surface area contributed by atoms with Gasteiger partial charge in [0.2, 0.25) is 0 Å². The summed E-state index contributed by atoms with van der Waals surface area (Å²) >= 11 is 0. The molecule has 1 heterocycles. The molecule has 1 aliphatic heterocycles. The molecule has 0 amide bonds. The standard InChI is InChI=1S/C11H18N2O/c1-9-10(8-12-14-2)4-3-7-13(9)11-5-6-11/h4,8-9,11H,3,5-7H2,1-2H3. The highest BCUT2D eigenvalue weighted by atomic mass is 16.6. The van der Waals surface area contributed by atoms with Crippen LogP contribution in [0.25, 0.3) is 0 Å². The molecule has 1 atom stereocenters. The lowest BCUT2D eigenvalue weighted by Crippen LogP contribution is -2.39. The van der Waals surface area contributed by atoms with Gasteiger partial charge in [-0.1, -0.05) is 11.2 Å². The largest absolute Gasteiger partial charge is 0.399 e. The number of nitrogens with zero attached hydrogens (tertiary/aromatic N) is 2. The van der Waals surface area contributed by atoms with Crippen LogP contribution in [0.15, 0.2) is 16.8 Å². The summed E-state index contributed by atoms with van der Waals surface area (Å²) in [5.41, 5.74) is 1.30. The van der Waals surface area contributed by atoms with Gasteiger partial charge in [0, 0.05) is 18.6 Å². The Bertz CT molecular complexity index is 256. The van der Waals surface area contributed by atoms with Crippen LogP contribution in [0.4, 0.5) is 0 Å². The van der Waals surface area contributed by atoms with Crippen LogP contribution in [0.3, 0.4) is 0 Å². The van der Waals surface area contributed by atoms with Crippen molar-refractivity contribution in [1.82, 2.24) is 4.90 Å². The highest BCUT2D eigenvalue weighted by Crippen LogP contribution is 2.32. The fourth-order valence-corrected chi connectivity index (χ4v) is 2.12. The summed E-state index contributed by atoms with van der Waals surface area (Å²) in [5, 5.41) is 3.84. The lowest BCUT2D eigenvalue weighted by atomic mass is 10.0. The van der Waals surface area contributed by atoms with Crippen LogP contribution in [0, 0.1) is 0 Å². The van der Waals surface area contributed by atoms with Gasteiger partial charge in [0.25, 0.3) is 0 Å². The lowest BCUT2D eigenvalue weighted by molar-refractivity contribution is 0.209. The Labute approximate surface area is 85.4 Å². The van der Waals surface area contributed by atoms with E-state index in [2.05, 4.69) is 23.1 Å². The van der Waals surface area contributed by atoms with Crippen molar-refractivity contribution in [3.8, 4) is 0 Å². The van der Waals surface area contributed by atoms with Crippen LogP contribution >= 0.6 is 0 Å². The molecule has 14 heavy (non-hydrogen) atoms. The fraction of sp³-hybridized carbons (Fsp3) is 0.727. The van der Waals surface area contributed by atoms with Gasteiger partial charge < -0.3 is 4.84 Å². The first-order valence-electron chi connectivity index (χ1n) is 5.35. The molecule has 3 nitrogen and oxygen atoms in total. The van der Waals surface area contributed by atoms with Crippen molar-refractivity contribution < 1.29 is 4.84 Å². The SMILES string of the molecule is CON=CC1=CCCN(C2CC2)C1C. The molecular weight excluding hydrogens is 176 g/mol. The third-order valence-electron chi connectivity index (χ3n) is 3.07. The first-order chi connectivity index (χ1) is 6.83. The molecule has 1 saturated carbocycles. The van der Waals surface area contributed by atoms with E-state index in [9.17, 15) is 0 Å². The Kier molecular flexibility index (Phi) is 2.87. The number of hydrogen-bond donors (Lipinski definition) is 0. The summed E-state index contributed by atoms with van der Waals surface area (Å²) in [6, 6.07) is 1.35. The first kappa shape index (κ1) is 9.71. The van der Waals surface area contributed by atoms with Crippen molar-refractivity contribution in [2.75, 3.05) is 13.7 Å². The minimum absolute atomic E-state index is 0.509. The van der Waals surface area contributed by atoms with E-state index >= 15 is 0 Å². The molecule has 0 aromatic rings. The molecule has 1 aliphatic carbocycles. The summed E-state index contributed by atoms with van der Waals surface area (Å²) in [5.74, 6) is 0. The van der Waals surface area contributed by atoms with Crippen molar-refractivity contribution in [2.24, 2.45) is 5.16 Å². The van der Waals surface area contributed by atoms with Crippen LogP contribution in [0.2, 0.25) is 0 Å². The van der Waals surface area contributed by atoms with Crippen LogP contribution in [0.5, 0.6) is 0 Å². The van der Waals surface area contributed by atoms with Gasteiger partial charge in [-0.05, 0) is 31.8 Å². The molecule has 0 radical (unpaired) electrons. The molecule has 0 N–H and O–H groups in total. The molecular formula is C11H18N2O. The Hall–Kier alpha value is -0.830. The second kappa shape index (κ2) is 4.13. The summed E-state index contributed by atoms with van der Waals surface area (Å²) in [4.78, 5) is 7.29. The minimum atomic E-state index is 0.509. The maximum absolute atomic E-state index is 4.71. The van der Waals surface area contributed by atoms with E-state index in [4.69, 9.17) is 4.84 Å². The van der Waals surface area contributed by atoms with Gasteiger partial charge in [-0.2, -0.15) is 0 Å². The average Bonchev–Trinajstić information content (AvgIpc) is 3.00. The minimum Gasteiger partial charge on any atom is -0.399 e. The zero-order valence-electron chi connectivity index (χ0n) is 8.94. The van der Waals surface area contributed by atoms with Crippen LogP contribution in [-0.4, -0.2) is 36.9 Å². The molecule has 0 spiro atoms. The molecule has 78 valence electrons. The lowest BCUT2D eigenvalue weighted by Gasteiger charge is -2.32. The third-order valence-corrected chi connectivity index (χ3v) is 3.07. The third kappa shape index (κ3) is 1.98. The first-order valence-corrected chi connectivity index (χ1v) is 5.35. The number of oxime groups is 1. The zero-order chi connectivity index (χ0) is 9.97. The quantitative estimate of drug-likeness (QED) is 0.505.